The minimum Gasteiger partial charge on any atom is -0.489 e. The highest BCUT2D eigenvalue weighted by Crippen LogP contribution is 2.15. The molecule has 0 radical (unpaired) electrons. The molecular weight excluding hydrogens is 349 g/mol. The molecule has 0 aliphatic carbocycles. The fraction of sp³-hybridized carbons (Fsp3) is 0.650. The first-order valence-corrected chi connectivity index (χ1v) is 9.73. The molecular formula is C20H32FN3O3. The number of benzene rings is 1. The van der Waals surface area contributed by atoms with Crippen LogP contribution >= 0.6 is 0 Å². The first kappa shape index (κ1) is 21.4. The van der Waals surface area contributed by atoms with E-state index in [1.807, 2.05) is 18.9 Å². The summed E-state index contributed by atoms with van der Waals surface area (Å²) < 4.78 is 30.1. The number of likely N-dealkylation sites (N-methyl/N-ethyl adjacent to an activating group) is 1. The normalized spacial score (nSPS) is 17.1. The molecule has 6 nitrogen and oxygen atoms in total. The van der Waals surface area contributed by atoms with Crippen molar-refractivity contribution in [3.05, 3.63) is 30.1 Å². The molecule has 0 saturated carbocycles. The summed E-state index contributed by atoms with van der Waals surface area (Å²) in [6, 6.07) is 6.43. The second-order valence-electron chi connectivity index (χ2n) is 6.59. The number of ether oxygens (including phenoxy) is 3. The van der Waals surface area contributed by atoms with Gasteiger partial charge in [-0.1, -0.05) is 12.1 Å². The van der Waals surface area contributed by atoms with E-state index in [9.17, 15) is 4.39 Å². The molecule has 1 heterocycles. The van der Waals surface area contributed by atoms with Crippen LogP contribution in [0.4, 0.5) is 4.39 Å². The lowest BCUT2D eigenvalue weighted by atomic mass is 10.1. The van der Waals surface area contributed by atoms with E-state index in [-0.39, 0.29) is 11.6 Å². The van der Waals surface area contributed by atoms with Crippen LogP contribution < -0.4 is 10.1 Å². The van der Waals surface area contributed by atoms with Gasteiger partial charge < -0.3 is 24.4 Å². The summed E-state index contributed by atoms with van der Waals surface area (Å²) in [4.78, 5) is 6.61. The van der Waals surface area contributed by atoms with Gasteiger partial charge in [0.05, 0.1) is 19.8 Å². The van der Waals surface area contributed by atoms with Crippen molar-refractivity contribution in [3.63, 3.8) is 0 Å². The topological polar surface area (TPSA) is 55.3 Å². The van der Waals surface area contributed by atoms with Gasteiger partial charge in [-0.05, 0) is 31.9 Å². The van der Waals surface area contributed by atoms with Crippen LogP contribution in [0, 0.1) is 11.7 Å². The summed E-state index contributed by atoms with van der Waals surface area (Å²) in [6.45, 7) is 7.67. The summed E-state index contributed by atoms with van der Waals surface area (Å²) in [6.07, 6.45) is 1.98. The van der Waals surface area contributed by atoms with Gasteiger partial charge >= 0.3 is 0 Å². The van der Waals surface area contributed by atoms with Crippen molar-refractivity contribution in [3.8, 4) is 5.75 Å². The Hall–Kier alpha value is -1.86. The standard InChI is InChI=1S/C20H32FN3O3/c1-3-22-20(23-10-6-12-25-15-17-9-13-26-16-17)24(2)11-14-27-19-8-5-4-7-18(19)21/h4-5,7-8,17H,3,6,9-16H2,1-2H3,(H,22,23). The number of rotatable bonds is 11. The van der Waals surface area contributed by atoms with E-state index < -0.39 is 0 Å². The Morgan fingerprint density at radius 2 is 2.22 bits per heavy atom. The Balaban J connectivity index is 1.65. The zero-order chi connectivity index (χ0) is 19.3. The number of nitrogens with one attached hydrogen (secondary N) is 1. The molecule has 1 saturated heterocycles. The predicted molar refractivity (Wildman–Crippen MR) is 105 cm³/mol. The maximum atomic E-state index is 13.6. The number of halogens is 1. The van der Waals surface area contributed by atoms with Gasteiger partial charge in [-0.15, -0.1) is 0 Å². The maximum Gasteiger partial charge on any atom is 0.193 e. The fourth-order valence-electron chi connectivity index (χ4n) is 2.75. The Labute approximate surface area is 161 Å². The summed E-state index contributed by atoms with van der Waals surface area (Å²) in [5, 5.41) is 3.27. The van der Waals surface area contributed by atoms with Crippen LogP contribution in [0.5, 0.6) is 5.75 Å². The Morgan fingerprint density at radius 1 is 1.37 bits per heavy atom. The molecule has 2 rings (SSSR count). The molecule has 27 heavy (non-hydrogen) atoms. The van der Waals surface area contributed by atoms with Gasteiger partial charge in [0.15, 0.2) is 17.5 Å². The van der Waals surface area contributed by atoms with Gasteiger partial charge in [-0.25, -0.2) is 4.39 Å². The first-order chi connectivity index (χ1) is 13.2. The van der Waals surface area contributed by atoms with Crippen molar-refractivity contribution in [2.45, 2.75) is 19.8 Å². The third-order valence-corrected chi connectivity index (χ3v) is 4.30. The van der Waals surface area contributed by atoms with Crippen molar-refractivity contribution in [2.24, 2.45) is 10.9 Å². The van der Waals surface area contributed by atoms with E-state index in [0.717, 1.165) is 45.2 Å². The molecule has 1 unspecified atom stereocenters. The van der Waals surface area contributed by atoms with Gasteiger partial charge in [0.2, 0.25) is 0 Å². The van der Waals surface area contributed by atoms with Crippen LogP contribution in [0.3, 0.4) is 0 Å². The summed E-state index contributed by atoms with van der Waals surface area (Å²) in [5.74, 6) is 1.30. The number of para-hydroxylation sites is 1. The highest BCUT2D eigenvalue weighted by molar-refractivity contribution is 5.79. The van der Waals surface area contributed by atoms with Gasteiger partial charge in [0.1, 0.15) is 6.61 Å². The van der Waals surface area contributed by atoms with Crippen LogP contribution in [0.15, 0.2) is 29.3 Å². The van der Waals surface area contributed by atoms with Crippen molar-refractivity contribution in [1.82, 2.24) is 10.2 Å². The molecule has 0 aromatic heterocycles. The smallest absolute Gasteiger partial charge is 0.193 e. The molecule has 0 spiro atoms. The monoisotopic (exact) mass is 381 g/mol. The van der Waals surface area contributed by atoms with Crippen LogP contribution in [0.2, 0.25) is 0 Å². The molecule has 1 aliphatic rings. The Kier molecular flexibility index (Phi) is 9.94. The molecule has 152 valence electrons. The zero-order valence-electron chi connectivity index (χ0n) is 16.5. The third-order valence-electron chi connectivity index (χ3n) is 4.30. The average molecular weight is 381 g/mol. The molecule has 1 N–H and O–H groups in total. The number of hydrogen-bond acceptors (Lipinski definition) is 4. The largest absolute Gasteiger partial charge is 0.489 e. The molecule has 1 aliphatic heterocycles. The van der Waals surface area contributed by atoms with Crippen LogP contribution in [-0.2, 0) is 9.47 Å². The highest BCUT2D eigenvalue weighted by Gasteiger charge is 2.15. The van der Waals surface area contributed by atoms with Crippen LogP contribution in [0.25, 0.3) is 0 Å². The lowest BCUT2D eigenvalue weighted by Gasteiger charge is -2.22. The minimum atomic E-state index is -0.343. The molecule has 0 bridgehead atoms. The van der Waals surface area contributed by atoms with Crippen LogP contribution in [-0.4, -0.2) is 70.6 Å². The molecule has 0 amide bonds. The quantitative estimate of drug-likeness (QED) is 0.363. The minimum absolute atomic E-state index is 0.276. The lowest BCUT2D eigenvalue weighted by Crippen LogP contribution is -2.41. The summed E-state index contributed by atoms with van der Waals surface area (Å²) >= 11 is 0. The van der Waals surface area contributed by atoms with E-state index in [1.54, 1.807) is 18.2 Å². The molecule has 1 fully saturated rings. The van der Waals surface area contributed by atoms with Gasteiger partial charge in [-0.2, -0.15) is 0 Å². The summed E-state index contributed by atoms with van der Waals surface area (Å²) in [5.41, 5.74) is 0. The average Bonchev–Trinajstić information content (AvgIpc) is 3.18. The number of nitrogens with zero attached hydrogens (tertiary/aromatic N) is 2. The zero-order valence-corrected chi connectivity index (χ0v) is 16.5. The van der Waals surface area contributed by atoms with Gasteiger partial charge in [-0.3, -0.25) is 4.99 Å². The van der Waals surface area contributed by atoms with E-state index >= 15 is 0 Å². The third kappa shape index (κ3) is 8.13. The predicted octanol–water partition coefficient (Wildman–Crippen LogP) is 2.55. The van der Waals surface area contributed by atoms with Crippen molar-refractivity contribution in [1.29, 1.82) is 0 Å². The van der Waals surface area contributed by atoms with Gasteiger partial charge in [0, 0.05) is 39.3 Å². The van der Waals surface area contributed by atoms with Crippen molar-refractivity contribution < 1.29 is 18.6 Å². The molecule has 1 atom stereocenters. The lowest BCUT2D eigenvalue weighted by molar-refractivity contribution is 0.0893. The second-order valence-corrected chi connectivity index (χ2v) is 6.59. The molecule has 7 heteroatoms. The first-order valence-electron chi connectivity index (χ1n) is 9.73. The Morgan fingerprint density at radius 3 is 2.96 bits per heavy atom. The summed E-state index contributed by atoms with van der Waals surface area (Å²) in [7, 11) is 1.95. The number of aliphatic imine (C=N–C) groups is 1. The number of hydrogen-bond donors (Lipinski definition) is 1. The van der Waals surface area contributed by atoms with E-state index in [0.29, 0.717) is 32.2 Å². The number of guanidine groups is 1. The van der Waals surface area contributed by atoms with Crippen LogP contribution in [0.1, 0.15) is 19.8 Å². The van der Waals surface area contributed by atoms with Crippen molar-refractivity contribution >= 4 is 5.96 Å². The van der Waals surface area contributed by atoms with E-state index in [4.69, 9.17) is 14.2 Å². The SMILES string of the molecule is CCNC(=NCCCOCC1CCOC1)N(C)CCOc1ccccc1F. The van der Waals surface area contributed by atoms with E-state index in [1.165, 1.54) is 6.07 Å². The van der Waals surface area contributed by atoms with Crippen molar-refractivity contribution in [2.75, 3.05) is 59.7 Å². The molecule has 1 aromatic carbocycles. The van der Waals surface area contributed by atoms with E-state index in [2.05, 4.69) is 10.3 Å². The highest BCUT2D eigenvalue weighted by atomic mass is 19.1. The molecule has 1 aromatic rings. The maximum absolute atomic E-state index is 13.6. The Bertz CT molecular complexity index is 565. The fourth-order valence-corrected chi connectivity index (χ4v) is 2.75. The second kappa shape index (κ2) is 12.5. The van der Waals surface area contributed by atoms with Gasteiger partial charge in [0.25, 0.3) is 0 Å².